The molecule has 5 N–H and O–H groups in total. The van der Waals surface area contributed by atoms with Gasteiger partial charge in [-0.2, -0.15) is 0 Å². The third-order valence-electron chi connectivity index (χ3n) is 1.79. The van der Waals surface area contributed by atoms with Crippen LogP contribution in [0.5, 0.6) is 0 Å². The zero-order chi connectivity index (χ0) is 8.97. The van der Waals surface area contributed by atoms with E-state index in [1.165, 1.54) is 0 Å². The minimum Gasteiger partial charge on any atom is -0.375 e. The van der Waals surface area contributed by atoms with Crippen LogP contribution in [0.15, 0.2) is 24.3 Å². The number of aliphatic hydroxyl groups is 1. The molecule has 0 heterocycles. The molecular weight excluding hydrogens is 152 g/mol. The van der Waals surface area contributed by atoms with Gasteiger partial charge in [-0.3, -0.25) is 0 Å². The molecule has 0 spiro atoms. The van der Waals surface area contributed by atoms with E-state index >= 15 is 0 Å². The normalized spacial score (nSPS) is 12.9. The maximum atomic E-state index is 9.17. The van der Waals surface area contributed by atoms with Crippen LogP contribution in [0.2, 0.25) is 0 Å². The molecule has 0 radical (unpaired) electrons. The first-order valence-electron chi connectivity index (χ1n) is 3.97. The van der Waals surface area contributed by atoms with Crippen molar-refractivity contribution in [2.24, 2.45) is 11.5 Å². The van der Waals surface area contributed by atoms with Crippen LogP contribution in [0.1, 0.15) is 17.4 Å². The molecule has 0 aliphatic carbocycles. The van der Waals surface area contributed by atoms with Crippen molar-refractivity contribution >= 4 is 0 Å². The lowest BCUT2D eigenvalue weighted by Gasteiger charge is -2.10. The highest BCUT2D eigenvalue weighted by molar-refractivity contribution is 5.28. The fourth-order valence-electron chi connectivity index (χ4n) is 1.21. The second kappa shape index (κ2) is 4.21. The van der Waals surface area contributed by atoms with Crippen LogP contribution < -0.4 is 11.5 Å². The van der Waals surface area contributed by atoms with Crippen molar-refractivity contribution in [1.82, 2.24) is 0 Å². The fraction of sp³-hybridized carbons (Fsp3) is 0.333. The highest BCUT2D eigenvalue weighted by Crippen LogP contribution is 2.13. The first-order chi connectivity index (χ1) is 5.75. The lowest BCUT2D eigenvalue weighted by atomic mass is 10.0. The SMILES string of the molecule is NCCc1ccccc1C(N)O. The maximum Gasteiger partial charge on any atom is 0.128 e. The van der Waals surface area contributed by atoms with Gasteiger partial charge in [-0.25, -0.2) is 0 Å². The predicted octanol–water partition coefficient (Wildman–Crippen LogP) is 0.137. The summed E-state index contributed by atoms with van der Waals surface area (Å²) >= 11 is 0. The van der Waals surface area contributed by atoms with Crippen molar-refractivity contribution < 1.29 is 5.11 Å². The number of benzene rings is 1. The standard InChI is InChI=1S/C9H14N2O/c10-6-5-7-3-1-2-4-8(7)9(11)12/h1-4,9,12H,5-6,10-11H2. The van der Waals surface area contributed by atoms with E-state index in [1.54, 1.807) is 0 Å². The molecule has 3 nitrogen and oxygen atoms in total. The smallest absolute Gasteiger partial charge is 0.128 e. The highest BCUT2D eigenvalue weighted by Gasteiger charge is 2.05. The molecular formula is C9H14N2O. The molecule has 1 aromatic rings. The first-order valence-corrected chi connectivity index (χ1v) is 3.97. The summed E-state index contributed by atoms with van der Waals surface area (Å²) in [5.41, 5.74) is 12.6. The van der Waals surface area contributed by atoms with Crippen LogP contribution in [0, 0.1) is 0 Å². The van der Waals surface area contributed by atoms with Crippen LogP contribution in [-0.4, -0.2) is 11.7 Å². The molecule has 1 atom stereocenters. The van der Waals surface area contributed by atoms with E-state index in [1.807, 2.05) is 24.3 Å². The summed E-state index contributed by atoms with van der Waals surface area (Å²) in [4.78, 5) is 0. The third kappa shape index (κ3) is 2.04. The van der Waals surface area contributed by atoms with Crippen LogP contribution >= 0.6 is 0 Å². The van der Waals surface area contributed by atoms with Crippen LogP contribution in [-0.2, 0) is 6.42 Å². The van der Waals surface area contributed by atoms with Crippen molar-refractivity contribution in [2.75, 3.05) is 6.54 Å². The zero-order valence-electron chi connectivity index (χ0n) is 6.90. The van der Waals surface area contributed by atoms with Gasteiger partial charge in [-0.1, -0.05) is 24.3 Å². The number of rotatable bonds is 3. The third-order valence-corrected chi connectivity index (χ3v) is 1.79. The van der Waals surface area contributed by atoms with Gasteiger partial charge < -0.3 is 16.6 Å². The van der Waals surface area contributed by atoms with Crippen LogP contribution in [0.25, 0.3) is 0 Å². The molecule has 0 saturated carbocycles. The fourth-order valence-corrected chi connectivity index (χ4v) is 1.21. The average Bonchev–Trinajstić information content (AvgIpc) is 2.05. The number of hydrogen-bond acceptors (Lipinski definition) is 3. The van der Waals surface area contributed by atoms with E-state index in [2.05, 4.69) is 0 Å². The highest BCUT2D eigenvalue weighted by atomic mass is 16.3. The lowest BCUT2D eigenvalue weighted by molar-refractivity contribution is 0.185. The Labute approximate surface area is 72.0 Å². The topological polar surface area (TPSA) is 72.3 Å². The van der Waals surface area contributed by atoms with Crippen molar-refractivity contribution in [2.45, 2.75) is 12.6 Å². The molecule has 0 fully saturated rings. The maximum absolute atomic E-state index is 9.17. The monoisotopic (exact) mass is 166 g/mol. The molecule has 0 aliphatic rings. The molecule has 0 saturated heterocycles. The van der Waals surface area contributed by atoms with Gasteiger partial charge in [0.15, 0.2) is 0 Å². The van der Waals surface area contributed by atoms with Gasteiger partial charge in [-0.05, 0) is 24.1 Å². The lowest BCUT2D eigenvalue weighted by Crippen LogP contribution is -2.13. The first kappa shape index (κ1) is 9.19. The molecule has 66 valence electrons. The Morgan fingerprint density at radius 1 is 1.33 bits per heavy atom. The van der Waals surface area contributed by atoms with Gasteiger partial charge in [0, 0.05) is 0 Å². The van der Waals surface area contributed by atoms with E-state index < -0.39 is 6.23 Å². The van der Waals surface area contributed by atoms with Gasteiger partial charge in [-0.15, -0.1) is 0 Å². The van der Waals surface area contributed by atoms with E-state index in [9.17, 15) is 0 Å². The van der Waals surface area contributed by atoms with E-state index in [0.717, 1.165) is 17.5 Å². The number of nitrogens with two attached hydrogens (primary N) is 2. The molecule has 1 unspecified atom stereocenters. The number of hydrogen-bond donors (Lipinski definition) is 3. The van der Waals surface area contributed by atoms with Gasteiger partial charge in [0.05, 0.1) is 0 Å². The summed E-state index contributed by atoms with van der Waals surface area (Å²) in [5, 5.41) is 9.17. The molecule has 3 heteroatoms. The largest absolute Gasteiger partial charge is 0.375 e. The Balaban J connectivity index is 2.92. The van der Waals surface area contributed by atoms with Crippen LogP contribution in [0.3, 0.4) is 0 Å². The van der Waals surface area contributed by atoms with Gasteiger partial charge in [0.1, 0.15) is 6.23 Å². The van der Waals surface area contributed by atoms with E-state index in [-0.39, 0.29) is 0 Å². The molecule has 1 rings (SSSR count). The summed E-state index contributed by atoms with van der Waals surface area (Å²) in [6.07, 6.45) is -0.141. The Morgan fingerprint density at radius 3 is 2.58 bits per heavy atom. The molecule has 0 bridgehead atoms. The minimum absolute atomic E-state index is 0.573. The summed E-state index contributed by atoms with van der Waals surface area (Å²) in [7, 11) is 0. The van der Waals surface area contributed by atoms with Gasteiger partial charge in [0.2, 0.25) is 0 Å². The zero-order valence-corrected chi connectivity index (χ0v) is 6.90. The van der Waals surface area contributed by atoms with Crippen molar-refractivity contribution in [3.63, 3.8) is 0 Å². The Morgan fingerprint density at radius 2 is 2.00 bits per heavy atom. The van der Waals surface area contributed by atoms with Crippen molar-refractivity contribution in [3.05, 3.63) is 35.4 Å². The van der Waals surface area contributed by atoms with E-state index in [0.29, 0.717) is 6.54 Å². The molecule has 12 heavy (non-hydrogen) atoms. The molecule has 0 aromatic heterocycles. The summed E-state index contributed by atoms with van der Waals surface area (Å²) in [6, 6.07) is 7.51. The Bertz CT molecular complexity index is 248. The van der Waals surface area contributed by atoms with Gasteiger partial charge >= 0.3 is 0 Å². The average molecular weight is 166 g/mol. The number of aliphatic hydroxyl groups excluding tert-OH is 1. The summed E-state index contributed by atoms with van der Waals surface area (Å²) in [6.45, 7) is 0.573. The quantitative estimate of drug-likeness (QED) is 0.559. The van der Waals surface area contributed by atoms with Crippen molar-refractivity contribution in [1.29, 1.82) is 0 Å². The summed E-state index contributed by atoms with van der Waals surface area (Å²) < 4.78 is 0. The molecule has 0 amide bonds. The second-order valence-electron chi connectivity index (χ2n) is 2.68. The summed E-state index contributed by atoms with van der Waals surface area (Å²) in [5.74, 6) is 0. The Hall–Kier alpha value is -0.900. The van der Waals surface area contributed by atoms with E-state index in [4.69, 9.17) is 16.6 Å². The predicted molar refractivity (Wildman–Crippen MR) is 48.3 cm³/mol. The van der Waals surface area contributed by atoms with Crippen LogP contribution in [0.4, 0.5) is 0 Å². The van der Waals surface area contributed by atoms with Gasteiger partial charge in [0.25, 0.3) is 0 Å². The Kier molecular flexibility index (Phi) is 3.22. The molecule has 0 aliphatic heterocycles. The minimum atomic E-state index is -0.896. The second-order valence-corrected chi connectivity index (χ2v) is 2.68. The van der Waals surface area contributed by atoms with Crippen molar-refractivity contribution in [3.8, 4) is 0 Å². The molecule has 1 aromatic carbocycles.